The fourth-order valence-corrected chi connectivity index (χ4v) is 2.82. The molecule has 0 atom stereocenters. The van der Waals surface area contributed by atoms with Crippen LogP contribution in [0.4, 0.5) is 4.79 Å². The summed E-state index contributed by atoms with van der Waals surface area (Å²) >= 11 is 0. The number of rotatable bonds is 3. The van der Waals surface area contributed by atoms with Crippen LogP contribution in [0.1, 0.15) is 16.8 Å². The molecule has 5 nitrogen and oxygen atoms in total. The molecule has 1 aromatic heterocycles. The maximum atomic E-state index is 12.3. The fourth-order valence-electron chi connectivity index (χ4n) is 2.82. The average molecular weight is 331 g/mol. The minimum Gasteiger partial charge on any atom is -0.445 e. The van der Waals surface area contributed by atoms with Crippen molar-refractivity contribution in [3.8, 4) is 11.4 Å². The Bertz CT molecular complexity index is 882. The van der Waals surface area contributed by atoms with Crippen LogP contribution >= 0.6 is 0 Å². The number of nitrogens with zero attached hydrogens (tertiary/aromatic N) is 3. The van der Waals surface area contributed by atoms with Gasteiger partial charge in [0.15, 0.2) is 5.82 Å². The lowest BCUT2D eigenvalue weighted by molar-refractivity contribution is 0.0953. The third kappa shape index (κ3) is 3.35. The molecule has 0 aliphatic carbocycles. The number of hydrogen-bond acceptors (Lipinski definition) is 4. The van der Waals surface area contributed by atoms with Crippen LogP contribution in [-0.2, 0) is 24.4 Å². The molecule has 25 heavy (non-hydrogen) atoms. The molecule has 0 bridgehead atoms. The van der Waals surface area contributed by atoms with Crippen molar-refractivity contribution < 1.29 is 9.53 Å². The minimum atomic E-state index is -0.330. The molecule has 1 amide bonds. The van der Waals surface area contributed by atoms with Gasteiger partial charge in [0.1, 0.15) is 6.61 Å². The second-order valence-electron chi connectivity index (χ2n) is 5.93. The third-order valence-electron chi connectivity index (χ3n) is 4.15. The van der Waals surface area contributed by atoms with Gasteiger partial charge >= 0.3 is 6.09 Å². The Balaban J connectivity index is 1.43. The van der Waals surface area contributed by atoms with Gasteiger partial charge in [-0.15, -0.1) is 0 Å². The average Bonchev–Trinajstić information content (AvgIpc) is 3.11. The van der Waals surface area contributed by atoms with Crippen LogP contribution in [0.2, 0.25) is 0 Å². The van der Waals surface area contributed by atoms with E-state index in [1.807, 2.05) is 60.7 Å². The molecule has 0 saturated carbocycles. The van der Waals surface area contributed by atoms with E-state index >= 15 is 0 Å². The topological polar surface area (TPSA) is 55.3 Å². The summed E-state index contributed by atoms with van der Waals surface area (Å²) in [6.45, 7) is 1.21. The smallest absolute Gasteiger partial charge is 0.410 e. The number of aromatic nitrogens is 2. The lowest BCUT2D eigenvalue weighted by Gasteiger charge is -2.14. The van der Waals surface area contributed by atoms with Crippen LogP contribution in [0, 0.1) is 0 Å². The SMILES string of the molecule is O=C(OCc1ccccc1)N1Cc2cnc(-c3ccccc3)nc2C1. The van der Waals surface area contributed by atoms with Crippen LogP contribution in [0.15, 0.2) is 66.9 Å². The molecule has 4 rings (SSSR count). The van der Waals surface area contributed by atoms with E-state index in [1.165, 1.54) is 0 Å². The fraction of sp³-hybridized carbons (Fsp3) is 0.150. The van der Waals surface area contributed by atoms with Crippen molar-refractivity contribution in [3.63, 3.8) is 0 Å². The van der Waals surface area contributed by atoms with Crippen molar-refractivity contribution in [2.45, 2.75) is 19.7 Å². The zero-order valence-corrected chi connectivity index (χ0v) is 13.6. The molecule has 0 N–H and O–H groups in total. The van der Waals surface area contributed by atoms with E-state index in [0.717, 1.165) is 22.4 Å². The molecule has 0 radical (unpaired) electrons. The predicted molar refractivity (Wildman–Crippen MR) is 93.3 cm³/mol. The van der Waals surface area contributed by atoms with Gasteiger partial charge < -0.3 is 4.74 Å². The third-order valence-corrected chi connectivity index (χ3v) is 4.15. The van der Waals surface area contributed by atoms with Crippen molar-refractivity contribution in [3.05, 3.63) is 83.7 Å². The number of carbonyl (C=O) groups excluding carboxylic acids is 1. The first-order valence-electron chi connectivity index (χ1n) is 8.15. The Morgan fingerprint density at radius 2 is 1.72 bits per heavy atom. The van der Waals surface area contributed by atoms with Crippen LogP contribution in [0.5, 0.6) is 0 Å². The number of ether oxygens (including phenoxy) is 1. The van der Waals surface area contributed by atoms with Gasteiger partial charge in [0.05, 0.1) is 18.8 Å². The monoisotopic (exact) mass is 331 g/mol. The summed E-state index contributed by atoms with van der Waals surface area (Å²) in [4.78, 5) is 23.0. The molecule has 3 aromatic rings. The molecular formula is C20H17N3O2. The summed E-state index contributed by atoms with van der Waals surface area (Å²) < 4.78 is 5.40. The summed E-state index contributed by atoms with van der Waals surface area (Å²) in [6.07, 6.45) is 1.47. The van der Waals surface area contributed by atoms with E-state index in [0.29, 0.717) is 18.9 Å². The lowest BCUT2D eigenvalue weighted by Crippen LogP contribution is -2.26. The Hall–Kier alpha value is -3.21. The molecule has 0 spiro atoms. The van der Waals surface area contributed by atoms with Crippen molar-refractivity contribution >= 4 is 6.09 Å². The van der Waals surface area contributed by atoms with Crippen LogP contribution in [-0.4, -0.2) is 21.0 Å². The van der Waals surface area contributed by atoms with Gasteiger partial charge in [-0.05, 0) is 5.56 Å². The molecule has 2 heterocycles. The number of benzene rings is 2. The molecular weight excluding hydrogens is 314 g/mol. The van der Waals surface area contributed by atoms with Crippen LogP contribution < -0.4 is 0 Å². The van der Waals surface area contributed by atoms with Gasteiger partial charge in [0.2, 0.25) is 0 Å². The van der Waals surface area contributed by atoms with Crippen LogP contribution in [0.3, 0.4) is 0 Å². The number of carbonyl (C=O) groups is 1. The number of hydrogen-bond donors (Lipinski definition) is 0. The maximum Gasteiger partial charge on any atom is 0.410 e. The summed E-state index contributed by atoms with van der Waals surface area (Å²) in [7, 11) is 0. The largest absolute Gasteiger partial charge is 0.445 e. The molecule has 2 aromatic carbocycles. The van der Waals surface area contributed by atoms with E-state index in [4.69, 9.17) is 4.74 Å². The Kier molecular flexibility index (Phi) is 4.12. The van der Waals surface area contributed by atoms with E-state index < -0.39 is 0 Å². The van der Waals surface area contributed by atoms with Gasteiger partial charge in [-0.25, -0.2) is 14.8 Å². The molecule has 5 heteroatoms. The van der Waals surface area contributed by atoms with E-state index in [9.17, 15) is 4.79 Å². The highest BCUT2D eigenvalue weighted by Gasteiger charge is 2.26. The second kappa shape index (κ2) is 6.73. The highest BCUT2D eigenvalue weighted by molar-refractivity contribution is 5.68. The number of fused-ring (bicyclic) bond motifs is 1. The molecule has 0 fully saturated rings. The summed E-state index contributed by atoms with van der Waals surface area (Å²) in [5, 5.41) is 0. The first kappa shape index (κ1) is 15.3. The molecule has 0 unspecified atom stereocenters. The highest BCUT2D eigenvalue weighted by Crippen LogP contribution is 2.24. The summed E-state index contributed by atoms with van der Waals surface area (Å²) in [5.74, 6) is 0.679. The molecule has 124 valence electrons. The number of amides is 1. The standard InChI is InChI=1S/C20H17N3O2/c24-20(25-14-15-7-3-1-4-8-15)23-12-17-11-21-19(22-18(17)13-23)16-9-5-2-6-10-16/h1-11H,12-14H2. The molecule has 0 saturated heterocycles. The summed E-state index contributed by atoms with van der Waals surface area (Å²) in [5.41, 5.74) is 3.79. The zero-order chi connectivity index (χ0) is 17.1. The lowest BCUT2D eigenvalue weighted by atomic mass is 10.2. The quantitative estimate of drug-likeness (QED) is 0.732. The highest BCUT2D eigenvalue weighted by atomic mass is 16.6. The second-order valence-corrected chi connectivity index (χ2v) is 5.93. The van der Waals surface area contributed by atoms with Gasteiger partial charge in [-0.2, -0.15) is 0 Å². The van der Waals surface area contributed by atoms with E-state index in [2.05, 4.69) is 9.97 Å². The predicted octanol–water partition coefficient (Wildman–Crippen LogP) is 3.80. The molecule has 1 aliphatic rings. The maximum absolute atomic E-state index is 12.3. The van der Waals surface area contributed by atoms with Crippen molar-refractivity contribution in [1.82, 2.24) is 14.9 Å². The van der Waals surface area contributed by atoms with Gasteiger partial charge in [0, 0.05) is 17.3 Å². The first-order valence-corrected chi connectivity index (χ1v) is 8.15. The van der Waals surface area contributed by atoms with Crippen LogP contribution in [0.25, 0.3) is 11.4 Å². The van der Waals surface area contributed by atoms with E-state index in [-0.39, 0.29) is 12.7 Å². The van der Waals surface area contributed by atoms with E-state index in [1.54, 1.807) is 11.1 Å². The zero-order valence-electron chi connectivity index (χ0n) is 13.6. The molecule has 1 aliphatic heterocycles. The van der Waals surface area contributed by atoms with Crippen molar-refractivity contribution in [1.29, 1.82) is 0 Å². The summed E-state index contributed by atoms with van der Waals surface area (Å²) in [6, 6.07) is 19.5. The Labute approximate surface area is 145 Å². The van der Waals surface area contributed by atoms with Crippen molar-refractivity contribution in [2.24, 2.45) is 0 Å². The minimum absolute atomic E-state index is 0.271. The van der Waals surface area contributed by atoms with Gasteiger partial charge in [0.25, 0.3) is 0 Å². The first-order chi connectivity index (χ1) is 12.3. The normalized spacial score (nSPS) is 12.7. The Morgan fingerprint density at radius 3 is 2.48 bits per heavy atom. The van der Waals surface area contributed by atoms with Crippen molar-refractivity contribution in [2.75, 3.05) is 0 Å². The van der Waals surface area contributed by atoms with Gasteiger partial charge in [-0.3, -0.25) is 4.90 Å². The van der Waals surface area contributed by atoms with Gasteiger partial charge in [-0.1, -0.05) is 60.7 Å². The Morgan fingerprint density at radius 1 is 1.00 bits per heavy atom.